The summed E-state index contributed by atoms with van der Waals surface area (Å²) in [6.07, 6.45) is 0. The number of nitrogens with one attached hydrogen (secondary N) is 1. The van der Waals surface area contributed by atoms with E-state index in [4.69, 9.17) is 9.63 Å². The molecule has 3 rings (SSSR count). The number of fused-ring (bicyclic) bond motifs is 2. The fourth-order valence-corrected chi connectivity index (χ4v) is 2.29. The Hall–Kier alpha value is -2.14. The van der Waals surface area contributed by atoms with Crippen molar-refractivity contribution < 1.29 is 18.7 Å². The first-order chi connectivity index (χ1) is 10.1. The second-order valence-electron chi connectivity index (χ2n) is 4.38. The van der Waals surface area contributed by atoms with Gasteiger partial charge in [0.05, 0.1) is 5.69 Å². The third-order valence-electron chi connectivity index (χ3n) is 3.09. The zero-order valence-corrected chi connectivity index (χ0v) is 11.8. The maximum absolute atomic E-state index is 12.3. The molecule has 1 heterocycles. The van der Waals surface area contributed by atoms with Crippen LogP contribution in [0, 0.1) is 0 Å². The zero-order chi connectivity index (χ0) is 14.8. The predicted octanol–water partition coefficient (Wildman–Crippen LogP) is 2.37. The van der Waals surface area contributed by atoms with E-state index in [0.29, 0.717) is 11.3 Å². The number of H-pyrrole nitrogens is 1. The van der Waals surface area contributed by atoms with Gasteiger partial charge in [-0.1, -0.05) is 18.2 Å². The normalized spacial score (nSPS) is 12.6. The van der Waals surface area contributed by atoms with Gasteiger partial charge in [-0.3, -0.25) is 13.9 Å². The summed E-state index contributed by atoms with van der Waals surface area (Å²) >= 11 is 0. The molecule has 1 unspecified atom stereocenters. The predicted molar refractivity (Wildman–Crippen MR) is 79.0 cm³/mol. The molecule has 0 saturated heterocycles. The van der Waals surface area contributed by atoms with Crippen molar-refractivity contribution in [3.05, 3.63) is 52.7 Å². The maximum atomic E-state index is 12.3. The van der Waals surface area contributed by atoms with E-state index in [-0.39, 0.29) is 11.2 Å². The average Bonchev–Trinajstić information content (AvgIpc) is 2.48. The molecule has 108 valence electrons. The third-order valence-corrected chi connectivity index (χ3v) is 3.45. The van der Waals surface area contributed by atoms with Crippen LogP contribution in [-0.2, 0) is 9.09 Å². The van der Waals surface area contributed by atoms with Crippen LogP contribution in [-0.4, -0.2) is 16.7 Å². The molecule has 0 spiro atoms. The van der Waals surface area contributed by atoms with Crippen LogP contribution < -0.4 is 10.2 Å². The lowest BCUT2D eigenvalue weighted by atomic mass is 10.1. The van der Waals surface area contributed by atoms with Crippen LogP contribution >= 0.6 is 8.25 Å². The van der Waals surface area contributed by atoms with Gasteiger partial charge in [0, 0.05) is 11.1 Å². The van der Waals surface area contributed by atoms with E-state index < -0.39 is 15.0 Å². The van der Waals surface area contributed by atoms with Gasteiger partial charge in [0.15, 0.2) is 12.5 Å². The molecule has 2 aliphatic rings. The van der Waals surface area contributed by atoms with Crippen molar-refractivity contribution in [1.82, 2.24) is 4.98 Å². The molecule has 21 heavy (non-hydrogen) atoms. The Morgan fingerprint density at radius 3 is 2.81 bits per heavy atom. The highest BCUT2D eigenvalue weighted by atomic mass is 31.1. The molecule has 0 fully saturated rings. The van der Waals surface area contributed by atoms with Crippen molar-refractivity contribution in [1.29, 1.82) is 0 Å². The standard InChI is InChI=1S/C14H12NO5P/c16-14-10-7-9-3-1-2-4-11(9)15-12(10)5-6-13(14)19-8-20-21(17)18/h1-7,15,21H,8H2,(H,17,18). The molecule has 0 saturated carbocycles. The molecule has 0 bridgehead atoms. The summed E-state index contributed by atoms with van der Waals surface area (Å²) in [7, 11) is -3.07. The number of aromatic nitrogens is 1. The largest absolute Gasteiger partial charge is 0.463 e. The van der Waals surface area contributed by atoms with E-state index in [1.54, 1.807) is 12.1 Å². The molecule has 0 aromatic heterocycles. The van der Waals surface area contributed by atoms with Gasteiger partial charge in [-0.15, -0.1) is 0 Å². The van der Waals surface area contributed by atoms with Crippen LogP contribution in [0.15, 0.2) is 47.3 Å². The first-order valence-corrected chi connectivity index (χ1v) is 7.45. The molecular weight excluding hydrogens is 293 g/mol. The van der Waals surface area contributed by atoms with Crippen LogP contribution in [0.25, 0.3) is 22.2 Å². The molecule has 6 nitrogen and oxygen atoms in total. The van der Waals surface area contributed by atoms with Crippen molar-refractivity contribution in [3.8, 4) is 17.0 Å². The monoisotopic (exact) mass is 305 g/mol. The highest BCUT2D eigenvalue weighted by Gasteiger charge is 2.12. The Kier molecular flexibility index (Phi) is 3.75. The SMILES string of the molecule is O=c1c(OCO[PH](=O)O)ccc2[nH]c3ccccc3cc1-2. The van der Waals surface area contributed by atoms with Gasteiger partial charge in [0.2, 0.25) is 5.43 Å². The molecule has 1 aliphatic heterocycles. The lowest BCUT2D eigenvalue weighted by molar-refractivity contribution is 0.114. The first-order valence-electron chi connectivity index (χ1n) is 6.18. The van der Waals surface area contributed by atoms with Gasteiger partial charge < -0.3 is 14.6 Å². The van der Waals surface area contributed by atoms with E-state index in [0.717, 1.165) is 10.9 Å². The van der Waals surface area contributed by atoms with Crippen LogP contribution in [0.4, 0.5) is 0 Å². The fraction of sp³-hybridized carbons (Fsp3) is 0.0714. The highest BCUT2D eigenvalue weighted by Crippen LogP contribution is 2.24. The number of ether oxygens (including phenoxy) is 1. The van der Waals surface area contributed by atoms with E-state index in [1.807, 2.05) is 24.3 Å². The molecule has 2 N–H and O–H groups in total. The van der Waals surface area contributed by atoms with Crippen LogP contribution in [0.3, 0.4) is 0 Å². The fourth-order valence-electron chi connectivity index (χ4n) is 2.13. The maximum Gasteiger partial charge on any atom is 0.319 e. The quantitative estimate of drug-likeness (QED) is 0.439. The van der Waals surface area contributed by atoms with E-state index in [9.17, 15) is 9.36 Å². The molecule has 0 amide bonds. The molecule has 0 radical (unpaired) electrons. The Labute approximate surface area is 120 Å². The summed E-state index contributed by atoms with van der Waals surface area (Å²) in [6.45, 7) is -0.438. The zero-order valence-electron chi connectivity index (χ0n) is 10.8. The first kappa shape index (κ1) is 13.8. The second-order valence-corrected chi connectivity index (χ2v) is 5.20. The van der Waals surface area contributed by atoms with Crippen molar-refractivity contribution >= 4 is 19.2 Å². The second kappa shape index (κ2) is 5.69. The van der Waals surface area contributed by atoms with Gasteiger partial charge >= 0.3 is 8.25 Å². The summed E-state index contributed by atoms with van der Waals surface area (Å²) in [5.74, 6) is 0.0782. The van der Waals surface area contributed by atoms with E-state index >= 15 is 0 Å². The number of para-hydroxylation sites is 1. The van der Waals surface area contributed by atoms with Crippen LogP contribution in [0.1, 0.15) is 0 Å². The minimum Gasteiger partial charge on any atom is -0.463 e. The molecular formula is C14H12NO5P. The van der Waals surface area contributed by atoms with Crippen molar-refractivity contribution in [2.75, 3.05) is 6.79 Å². The summed E-state index contributed by atoms with van der Waals surface area (Å²) in [4.78, 5) is 24.0. The number of benzene rings is 2. The molecule has 1 aromatic carbocycles. The Morgan fingerprint density at radius 1 is 1.19 bits per heavy atom. The van der Waals surface area contributed by atoms with Crippen molar-refractivity contribution in [2.45, 2.75) is 0 Å². The van der Waals surface area contributed by atoms with Crippen molar-refractivity contribution in [3.63, 3.8) is 0 Å². The number of hydrogen-bond donors (Lipinski definition) is 2. The van der Waals surface area contributed by atoms with E-state index in [2.05, 4.69) is 9.51 Å². The summed E-state index contributed by atoms with van der Waals surface area (Å²) < 4.78 is 19.9. The van der Waals surface area contributed by atoms with E-state index in [1.165, 1.54) is 6.07 Å². The summed E-state index contributed by atoms with van der Waals surface area (Å²) in [5.41, 5.74) is 1.82. The molecule has 1 atom stereocenters. The van der Waals surface area contributed by atoms with Gasteiger partial charge in [-0.05, 0) is 29.7 Å². The highest BCUT2D eigenvalue weighted by molar-refractivity contribution is 7.32. The summed E-state index contributed by atoms with van der Waals surface area (Å²) in [6, 6.07) is 12.6. The van der Waals surface area contributed by atoms with Crippen LogP contribution in [0.2, 0.25) is 0 Å². The topological polar surface area (TPSA) is 88.6 Å². The number of pyridine rings is 1. The number of aromatic amines is 1. The smallest absolute Gasteiger partial charge is 0.319 e. The van der Waals surface area contributed by atoms with Crippen molar-refractivity contribution in [2.24, 2.45) is 0 Å². The van der Waals surface area contributed by atoms with Crippen LogP contribution in [0.5, 0.6) is 5.75 Å². The third kappa shape index (κ3) is 2.83. The minimum absolute atomic E-state index is 0.0782. The number of rotatable bonds is 4. The lowest BCUT2D eigenvalue weighted by Crippen LogP contribution is -2.12. The van der Waals surface area contributed by atoms with Gasteiger partial charge in [-0.25, -0.2) is 0 Å². The Balaban J connectivity index is 2.03. The summed E-state index contributed by atoms with van der Waals surface area (Å²) in [5, 5.41) is 0.913. The molecule has 7 heteroatoms. The molecule has 1 aromatic rings. The Morgan fingerprint density at radius 2 is 2.00 bits per heavy atom. The van der Waals surface area contributed by atoms with Gasteiger partial charge in [0.1, 0.15) is 0 Å². The van der Waals surface area contributed by atoms with Gasteiger partial charge in [0.25, 0.3) is 0 Å². The number of hydrogen-bond acceptors (Lipinski definition) is 4. The molecule has 1 aliphatic carbocycles. The minimum atomic E-state index is -3.07. The average molecular weight is 305 g/mol. The van der Waals surface area contributed by atoms with Gasteiger partial charge in [-0.2, -0.15) is 0 Å². The Bertz CT molecular complexity index is 844. The lowest BCUT2D eigenvalue weighted by Gasteiger charge is -2.10.